The first kappa shape index (κ1) is 19.2. The molecular weight excluding hydrogens is 356 g/mol. The zero-order valence-electron chi connectivity index (χ0n) is 13.2. The summed E-state index contributed by atoms with van der Waals surface area (Å²) in [6, 6.07) is 31.3. The maximum Gasteiger partial charge on any atom is 0.394 e. The maximum atomic E-state index is 8.74. The van der Waals surface area contributed by atoms with E-state index in [1.807, 2.05) is 18.2 Å². The molecule has 4 nitrogen and oxygen atoms in total. The molecule has 0 heterocycles. The van der Waals surface area contributed by atoms with Crippen molar-refractivity contribution in [2.75, 3.05) is 0 Å². The van der Waals surface area contributed by atoms with Gasteiger partial charge in [-0.2, -0.15) is 21.0 Å². The van der Waals surface area contributed by atoms with E-state index in [4.69, 9.17) is 30.2 Å². The first-order chi connectivity index (χ1) is 11.8. The Balaban J connectivity index is 0.000000399. The van der Waals surface area contributed by atoms with E-state index in [1.54, 1.807) is 0 Å². The van der Waals surface area contributed by atoms with Crippen LogP contribution in [0.5, 0.6) is 0 Å². The van der Waals surface area contributed by atoms with Crippen molar-refractivity contribution in [1.29, 1.82) is 0 Å². The van der Waals surface area contributed by atoms with Crippen LogP contribution in [0.25, 0.3) is 0 Å². The number of rotatable bonds is 3. The van der Waals surface area contributed by atoms with E-state index < -0.39 is 15.1 Å². The smallest absolute Gasteiger partial charge is 0.264 e. The maximum absolute atomic E-state index is 8.74. The highest BCUT2D eigenvalue weighted by Crippen LogP contribution is 2.42. The first-order valence-electron chi connectivity index (χ1n) is 7.40. The molecule has 6 heteroatoms. The summed E-state index contributed by atoms with van der Waals surface area (Å²) in [5.74, 6) is 0. The molecule has 0 fully saturated rings. The van der Waals surface area contributed by atoms with Crippen LogP contribution >= 0.6 is 12.6 Å². The van der Waals surface area contributed by atoms with Crippen molar-refractivity contribution in [1.82, 2.24) is 0 Å². The van der Waals surface area contributed by atoms with Crippen molar-refractivity contribution >= 4 is 23.0 Å². The monoisotopic (exact) mass is 374 g/mol. The number of thiol groups is 1. The molecule has 0 saturated carbocycles. The van der Waals surface area contributed by atoms with Gasteiger partial charge in [-0.3, -0.25) is 9.11 Å². The Hall–Kier alpha value is -2.12. The highest BCUT2D eigenvalue weighted by Gasteiger charge is 2.31. The molecule has 0 bridgehead atoms. The zero-order valence-corrected chi connectivity index (χ0v) is 14.9. The fourth-order valence-corrected chi connectivity index (χ4v) is 2.99. The van der Waals surface area contributed by atoms with Crippen molar-refractivity contribution in [2.45, 2.75) is 4.75 Å². The minimum absolute atomic E-state index is 0.427. The second-order valence-electron chi connectivity index (χ2n) is 5.26. The molecule has 3 aromatic carbocycles. The normalized spacial score (nSPS) is 11.3. The topological polar surface area (TPSA) is 74.6 Å². The van der Waals surface area contributed by atoms with Crippen LogP contribution in [0.1, 0.15) is 16.7 Å². The number of benzene rings is 3. The van der Waals surface area contributed by atoms with Crippen LogP contribution in [-0.2, 0) is 15.1 Å². The minimum atomic E-state index is -4.67. The van der Waals surface area contributed by atoms with Crippen LogP contribution in [-0.4, -0.2) is 17.5 Å². The summed E-state index contributed by atoms with van der Waals surface area (Å²) in [5, 5.41) is 0. The van der Waals surface area contributed by atoms with Gasteiger partial charge in [-0.05, 0) is 16.7 Å². The van der Waals surface area contributed by atoms with E-state index in [-0.39, 0.29) is 0 Å². The van der Waals surface area contributed by atoms with Gasteiger partial charge in [0.05, 0.1) is 4.75 Å². The molecule has 0 radical (unpaired) electrons. The fraction of sp³-hybridized carbons (Fsp3) is 0.0526. The Kier molecular flexibility index (Phi) is 6.39. The van der Waals surface area contributed by atoms with Crippen LogP contribution in [0.4, 0.5) is 0 Å². The van der Waals surface area contributed by atoms with Crippen molar-refractivity contribution in [3.05, 3.63) is 108 Å². The Morgan fingerprint density at radius 2 is 0.800 bits per heavy atom. The second kappa shape index (κ2) is 8.31. The predicted molar refractivity (Wildman–Crippen MR) is 102 cm³/mol. The lowest BCUT2D eigenvalue weighted by Gasteiger charge is -2.30. The summed E-state index contributed by atoms with van der Waals surface area (Å²) in [6.07, 6.45) is 0. The van der Waals surface area contributed by atoms with Crippen LogP contribution < -0.4 is 0 Å². The Labute approximate surface area is 153 Å². The fourth-order valence-electron chi connectivity index (χ4n) is 2.54. The summed E-state index contributed by atoms with van der Waals surface area (Å²) in [5.41, 5.74) is 3.54. The third kappa shape index (κ3) is 5.44. The SMILES string of the molecule is O=S(=O)(O)O.SC(c1ccccc1)(c1ccccc1)c1ccccc1. The van der Waals surface area contributed by atoms with Gasteiger partial charge >= 0.3 is 10.4 Å². The van der Waals surface area contributed by atoms with E-state index in [2.05, 4.69) is 72.8 Å². The van der Waals surface area contributed by atoms with Crippen LogP contribution in [0.3, 0.4) is 0 Å². The number of hydrogen-bond donors (Lipinski definition) is 3. The quantitative estimate of drug-likeness (QED) is 0.364. The molecular formula is C19H18O4S2. The van der Waals surface area contributed by atoms with Gasteiger partial charge in [-0.25, -0.2) is 0 Å². The molecule has 3 aromatic rings. The van der Waals surface area contributed by atoms with E-state index >= 15 is 0 Å². The van der Waals surface area contributed by atoms with Crippen molar-refractivity contribution < 1.29 is 17.5 Å². The van der Waals surface area contributed by atoms with Gasteiger partial charge in [0, 0.05) is 0 Å². The van der Waals surface area contributed by atoms with Crippen molar-refractivity contribution in [3.8, 4) is 0 Å². The summed E-state index contributed by atoms with van der Waals surface area (Å²) < 4.78 is 31.2. The highest BCUT2D eigenvalue weighted by molar-refractivity contribution is 7.81. The van der Waals surface area contributed by atoms with Gasteiger partial charge in [-0.15, -0.1) is 0 Å². The van der Waals surface area contributed by atoms with E-state index in [9.17, 15) is 0 Å². The standard InChI is InChI=1S/C19H16S.H2O4S/c20-19(16-10-4-1-5-11-16,17-12-6-2-7-13-17)18-14-8-3-9-15-18;1-5(2,3)4/h1-15,20H;(H2,1,2,3,4). The molecule has 0 aliphatic heterocycles. The van der Waals surface area contributed by atoms with E-state index in [1.165, 1.54) is 16.7 Å². The van der Waals surface area contributed by atoms with E-state index in [0.29, 0.717) is 0 Å². The summed E-state index contributed by atoms with van der Waals surface area (Å²) in [6.45, 7) is 0. The molecule has 0 aliphatic carbocycles. The molecule has 0 atom stereocenters. The molecule has 0 unspecified atom stereocenters. The molecule has 0 aliphatic rings. The van der Waals surface area contributed by atoms with Crippen LogP contribution in [0.15, 0.2) is 91.0 Å². The van der Waals surface area contributed by atoms with E-state index in [0.717, 1.165) is 0 Å². The number of hydrogen-bond acceptors (Lipinski definition) is 3. The second-order valence-corrected chi connectivity index (χ2v) is 6.82. The lowest BCUT2D eigenvalue weighted by atomic mass is 9.84. The first-order valence-corrected chi connectivity index (χ1v) is 9.25. The summed E-state index contributed by atoms with van der Waals surface area (Å²) in [4.78, 5) is 0. The third-order valence-electron chi connectivity index (χ3n) is 3.57. The molecule has 130 valence electrons. The van der Waals surface area contributed by atoms with Gasteiger partial charge in [0.2, 0.25) is 0 Å². The third-order valence-corrected chi connectivity index (χ3v) is 4.35. The van der Waals surface area contributed by atoms with Crippen molar-refractivity contribution in [2.24, 2.45) is 0 Å². The van der Waals surface area contributed by atoms with Gasteiger partial charge in [0.1, 0.15) is 0 Å². The molecule has 0 amide bonds. The lowest BCUT2D eigenvalue weighted by molar-refractivity contribution is 0.381. The highest BCUT2D eigenvalue weighted by atomic mass is 32.3. The van der Waals surface area contributed by atoms with Gasteiger partial charge in [-0.1, -0.05) is 91.0 Å². The van der Waals surface area contributed by atoms with Gasteiger partial charge < -0.3 is 0 Å². The van der Waals surface area contributed by atoms with Crippen LogP contribution in [0.2, 0.25) is 0 Å². The predicted octanol–water partition coefficient (Wildman–Crippen LogP) is 4.26. The minimum Gasteiger partial charge on any atom is -0.264 e. The van der Waals surface area contributed by atoms with Gasteiger partial charge in [0.15, 0.2) is 0 Å². The lowest BCUT2D eigenvalue weighted by Crippen LogP contribution is -2.22. The Bertz CT molecular complexity index is 776. The average Bonchev–Trinajstić information content (AvgIpc) is 2.62. The Morgan fingerprint density at radius 1 is 0.600 bits per heavy atom. The molecule has 0 aromatic heterocycles. The molecule has 2 N–H and O–H groups in total. The molecule has 0 spiro atoms. The molecule has 3 rings (SSSR count). The Morgan fingerprint density at radius 3 is 1.00 bits per heavy atom. The summed E-state index contributed by atoms with van der Waals surface area (Å²) >= 11 is 5.09. The molecule has 0 saturated heterocycles. The summed E-state index contributed by atoms with van der Waals surface area (Å²) in [7, 11) is -4.67. The zero-order chi connectivity index (χ0) is 18.3. The van der Waals surface area contributed by atoms with Gasteiger partial charge in [0.25, 0.3) is 0 Å². The van der Waals surface area contributed by atoms with Crippen LogP contribution in [0, 0.1) is 0 Å². The van der Waals surface area contributed by atoms with Crippen molar-refractivity contribution in [3.63, 3.8) is 0 Å². The average molecular weight is 374 g/mol. The molecule has 25 heavy (non-hydrogen) atoms. The largest absolute Gasteiger partial charge is 0.394 e.